The lowest BCUT2D eigenvalue weighted by Gasteiger charge is -2.37. The molecule has 10 heteroatoms. The zero-order chi connectivity index (χ0) is 37.4. The highest BCUT2D eigenvalue weighted by Crippen LogP contribution is 2.29. The van der Waals surface area contributed by atoms with Gasteiger partial charge in [0.25, 0.3) is 0 Å². The van der Waals surface area contributed by atoms with Gasteiger partial charge in [-0.2, -0.15) is 0 Å². The van der Waals surface area contributed by atoms with Crippen LogP contribution >= 0.6 is 24.4 Å². The smallest absolute Gasteiger partial charge is 0.172 e. The predicted molar refractivity (Wildman–Crippen MR) is 224 cm³/mol. The van der Waals surface area contributed by atoms with Gasteiger partial charge in [-0.25, -0.2) is 0 Å². The van der Waals surface area contributed by atoms with E-state index in [0.717, 1.165) is 93.8 Å². The van der Waals surface area contributed by atoms with E-state index >= 15 is 0 Å². The van der Waals surface area contributed by atoms with Crippen LogP contribution < -0.4 is 10.1 Å². The van der Waals surface area contributed by atoms with Crippen molar-refractivity contribution in [3.8, 4) is 17.2 Å². The lowest BCUT2D eigenvalue weighted by Crippen LogP contribution is -2.51. The van der Waals surface area contributed by atoms with Crippen molar-refractivity contribution in [1.29, 1.82) is 0 Å². The minimum Gasteiger partial charge on any atom is -0.508 e. The average molecular weight is 764 g/mol. The van der Waals surface area contributed by atoms with Crippen molar-refractivity contribution in [3.05, 3.63) is 125 Å². The molecule has 0 amide bonds. The van der Waals surface area contributed by atoms with Crippen molar-refractivity contribution in [1.82, 2.24) is 24.9 Å². The summed E-state index contributed by atoms with van der Waals surface area (Å²) in [6.07, 6.45) is 5.81. The Labute approximate surface area is 331 Å². The fraction of sp³-hybridized carbons (Fsp3) is 0.409. The molecule has 3 N–H and O–H groups in total. The van der Waals surface area contributed by atoms with Gasteiger partial charge in [0.05, 0.1) is 18.7 Å². The maximum Gasteiger partial charge on any atom is 0.172 e. The number of thiocarbonyl (C=S) groups is 2. The molecular formula is C44H53N5O3S2. The zero-order valence-corrected chi connectivity index (χ0v) is 32.9. The number of hydrogen-bond acceptors (Lipinski definition) is 6. The molecule has 0 saturated carbocycles. The number of nitrogens with one attached hydrogen (secondary N) is 1. The van der Waals surface area contributed by atoms with Crippen LogP contribution in [-0.2, 0) is 25.7 Å². The number of likely N-dealkylation sites (tertiary alicyclic amines) is 1. The van der Waals surface area contributed by atoms with Crippen LogP contribution in [0, 0.1) is 0 Å². The van der Waals surface area contributed by atoms with Gasteiger partial charge in [-0.15, -0.1) is 0 Å². The second kappa shape index (κ2) is 17.8. The van der Waals surface area contributed by atoms with Crippen LogP contribution in [0.2, 0.25) is 0 Å². The van der Waals surface area contributed by atoms with E-state index in [1.807, 2.05) is 31.2 Å². The number of phenols is 2. The highest BCUT2D eigenvalue weighted by Gasteiger charge is 2.40. The molecular weight excluding hydrogens is 711 g/mol. The van der Waals surface area contributed by atoms with Gasteiger partial charge in [-0.3, -0.25) is 4.90 Å². The van der Waals surface area contributed by atoms with Crippen molar-refractivity contribution in [3.63, 3.8) is 0 Å². The van der Waals surface area contributed by atoms with E-state index in [1.54, 1.807) is 24.3 Å². The minimum absolute atomic E-state index is 0.143. The summed E-state index contributed by atoms with van der Waals surface area (Å²) in [5.74, 6) is 1.45. The number of rotatable bonds is 16. The Morgan fingerprint density at radius 2 is 1.41 bits per heavy atom. The molecule has 284 valence electrons. The molecule has 0 spiro atoms. The van der Waals surface area contributed by atoms with Gasteiger partial charge in [0, 0.05) is 44.8 Å². The highest BCUT2D eigenvalue weighted by atomic mass is 32.1. The van der Waals surface area contributed by atoms with Crippen LogP contribution in [0.15, 0.2) is 103 Å². The topological polar surface area (TPSA) is 74.7 Å². The molecule has 3 heterocycles. The van der Waals surface area contributed by atoms with Crippen LogP contribution in [0.5, 0.6) is 17.2 Å². The molecule has 0 aliphatic carbocycles. The predicted octanol–water partition coefficient (Wildman–Crippen LogP) is 6.43. The van der Waals surface area contributed by atoms with Crippen LogP contribution in [0.4, 0.5) is 0 Å². The number of aromatic hydroxyl groups is 2. The minimum atomic E-state index is 0.143. The van der Waals surface area contributed by atoms with Crippen LogP contribution in [0.1, 0.15) is 42.0 Å². The van der Waals surface area contributed by atoms with E-state index in [9.17, 15) is 10.2 Å². The molecule has 54 heavy (non-hydrogen) atoms. The van der Waals surface area contributed by atoms with Crippen molar-refractivity contribution in [2.75, 3.05) is 45.9 Å². The Hall–Kier alpha value is -4.38. The van der Waals surface area contributed by atoms with Gasteiger partial charge in [-0.1, -0.05) is 66.7 Å². The first kappa shape index (κ1) is 37.9. The number of hydrogen-bond donors (Lipinski definition) is 3. The van der Waals surface area contributed by atoms with Gasteiger partial charge in [0.15, 0.2) is 10.2 Å². The Bertz CT molecular complexity index is 1830. The zero-order valence-electron chi connectivity index (χ0n) is 31.2. The molecule has 4 atom stereocenters. The van der Waals surface area contributed by atoms with Crippen LogP contribution in [0.3, 0.4) is 0 Å². The summed E-state index contributed by atoms with van der Waals surface area (Å²) in [6.45, 7) is 8.02. The molecule has 0 bridgehead atoms. The average Bonchev–Trinajstić information content (AvgIpc) is 3.86. The van der Waals surface area contributed by atoms with Gasteiger partial charge < -0.3 is 35.0 Å². The molecule has 8 nitrogen and oxygen atoms in total. The Kier molecular flexibility index (Phi) is 12.5. The van der Waals surface area contributed by atoms with Crippen molar-refractivity contribution >= 4 is 34.7 Å². The van der Waals surface area contributed by atoms with E-state index in [4.69, 9.17) is 29.2 Å². The largest absolute Gasteiger partial charge is 0.508 e. The molecule has 0 unspecified atom stereocenters. The van der Waals surface area contributed by atoms with Crippen molar-refractivity contribution in [2.24, 2.45) is 0 Å². The maximum absolute atomic E-state index is 10.1. The molecule has 3 aliphatic rings. The molecule has 3 aliphatic heterocycles. The summed E-state index contributed by atoms with van der Waals surface area (Å²) in [7, 11) is 0. The number of nitrogens with zero attached hydrogens (tertiary/aromatic N) is 4. The first-order chi connectivity index (χ1) is 26.3. The fourth-order valence-corrected chi connectivity index (χ4v) is 9.23. The Morgan fingerprint density at radius 3 is 2.11 bits per heavy atom. The third-order valence-corrected chi connectivity index (χ3v) is 12.2. The van der Waals surface area contributed by atoms with Crippen molar-refractivity contribution < 1.29 is 14.9 Å². The van der Waals surface area contributed by atoms with Crippen LogP contribution in [0.25, 0.3) is 0 Å². The first-order valence-corrected chi connectivity index (χ1v) is 20.3. The summed E-state index contributed by atoms with van der Waals surface area (Å²) in [5.41, 5.74) is 4.96. The van der Waals surface area contributed by atoms with Crippen molar-refractivity contribution in [2.45, 2.75) is 69.6 Å². The third kappa shape index (κ3) is 9.46. The van der Waals surface area contributed by atoms with E-state index in [1.165, 1.54) is 22.3 Å². The maximum atomic E-state index is 10.1. The molecule has 3 fully saturated rings. The molecule has 4 aromatic rings. The quantitative estimate of drug-likeness (QED) is 0.111. The Balaban J connectivity index is 1.11. The molecule has 7 rings (SSSR count). The fourth-order valence-electron chi connectivity index (χ4n) is 8.46. The summed E-state index contributed by atoms with van der Waals surface area (Å²) in [4.78, 5) is 10.1. The van der Waals surface area contributed by atoms with Gasteiger partial charge in [0.1, 0.15) is 17.2 Å². The first-order valence-electron chi connectivity index (χ1n) is 19.5. The Morgan fingerprint density at radius 1 is 0.759 bits per heavy atom. The monoisotopic (exact) mass is 763 g/mol. The molecule has 4 aromatic carbocycles. The summed E-state index contributed by atoms with van der Waals surface area (Å²) < 4.78 is 5.69. The summed E-state index contributed by atoms with van der Waals surface area (Å²) >= 11 is 12.3. The highest BCUT2D eigenvalue weighted by molar-refractivity contribution is 7.80. The molecule has 0 radical (unpaired) electrons. The number of benzene rings is 4. The molecule has 0 aromatic heterocycles. The van der Waals surface area contributed by atoms with E-state index in [0.29, 0.717) is 18.7 Å². The normalized spacial score (nSPS) is 20.8. The van der Waals surface area contributed by atoms with Gasteiger partial charge in [-0.05, 0) is 135 Å². The second-order valence-corrected chi connectivity index (χ2v) is 15.7. The van der Waals surface area contributed by atoms with Gasteiger partial charge in [0.2, 0.25) is 0 Å². The number of ether oxygens (including phenoxy) is 1. The summed E-state index contributed by atoms with van der Waals surface area (Å²) in [5, 5.41) is 25.4. The van der Waals surface area contributed by atoms with E-state index in [-0.39, 0.29) is 23.6 Å². The summed E-state index contributed by atoms with van der Waals surface area (Å²) in [6, 6.07) is 35.5. The van der Waals surface area contributed by atoms with E-state index < -0.39 is 0 Å². The SMILES string of the molecule is CCOc1ccc(CCN2C(=S)N([C@@H](Cc3ccc(O)cc3)CN3CCC[C@@H]3CN3C(=S)NC[C@@H]3Cc3ccccc3)C[C@@H]2Cc2ccc(O)cc2)cc1. The van der Waals surface area contributed by atoms with Gasteiger partial charge >= 0.3 is 0 Å². The second-order valence-electron chi connectivity index (χ2n) is 15.0. The third-order valence-electron chi connectivity index (χ3n) is 11.3. The lowest BCUT2D eigenvalue weighted by atomic mass is 10.0. The van der Waals surface area contributed by atoms with E-state index in [2.05, 4.69) is 79.5 Å². The lowest BCUT2D eigenvalue weighted by molar-refractivity contribution is 0.159. The van der Waals surface area contributed by atoms with Crippen LogP contribution in [-0.4, -0.2) is 110 Å². The number of phenolic OH excluding ortho intramolecular Hbond substituents is 2. The standard InChI is InChI=1S/C44H53N5O3S2/c1-2-52-42-20-14-32(15-21-42)22-24-47-39(27-35-12-18-41(51)19-13-35)31-49(44(47)54)38(26-34-10-16-40(50)17-11-34)29-46-23-6-9-36(46)30-48-37(28-45-43(48)53)25-33-7-4-3-5-8-33/h3-5,7-8,10-21,36-39,50-51H,2,6,9,22-31H2,1H3,(H,45,53)/t36-,37+,38+,39+/m1/s1. The molecule has 3 saturated heterocycles.